The van der Waals surface area contributed by atoms with Gasteiger partial charge in [-0.15, -0.1) is 0 Å². The molecule has 0 saturated carbocycles. The number of nitrogens with zero attached hydrogens (tertiary/aromatic N) is 1. The van der Waals surface area contributed by atoms with Gasteiger partial charge in [-0.1, -0.05) is 22.0 Å². The summed E-state index contributed by atoms with van der Waals surface area (Å²) in [4.78, 5) is 14.7. The van der Waals surface area contributed by atoms with Gasteiger partial charge in [-0.3, -0.25) is 4.79 Å². The smallest absolute Gasteiger partial charge is 0.307 e. The van der Waals surface area contributed by atoms with E-state index in [0.29, 0.717) is 22.4 Å². The molecule has 1 aromatic heterocycles. The van der Waals surface area contributed by atoms with Crippen molar-refractivity contribution in [2.24, 2.45) is 0 Å². The molecule has 2 rings (SSSR count). The zero-order chi connectivity index (χ0) is 10.8. The van der Waals surface area contributed by atoms with E-state index in [2.05, 4.69) is 20.9 Å². The lowest BCUT2D eigenvalue weighted by Crippen LogP contribution is -1.99. The molecule has 15 heavy (non-hydrogen) atoms. The number of aromatic nitrogens is 1. The van der Waals surface area contributed by atoms with Gasteiger partial charge in [0.2, 0.25) is 5.89 Å². The summed E-state index contributed by atoms with van der Waals surface area (Å²) in [6, 6.07) is 5.23. The van der Waals surface area contributed by atoms with Crippen molar-refractivity contribution in [1.82, 2.24) is 4.98 Å². The molecule has 0 aliphatic heterocycles. The quantitative estimate of drug-likeness (QED) is 0.869. The molecule has 5 heteroatoms. The second-order valence-corrected chi connectivity index (χ2v) is 3.67. The maximum Gasteiger partial charge on any atom is 0.307 e. The van der Waals surface area contributed by atoms with Crippen LogP contribution < -0.4 is 0 Å². The number of rotatable bonds is 3. The number of carboxylic acids is 1. The van der Waals surface area contributed by atoms with Crippen LogP contribution in [0.2, 0.25) is 0 Å². The minimum Gasteiger partial charge on any atom is -0.481 e. The van der Waals surface area contributed by atoms with Crippen LogP contribution in [0.15, 0.2) is 22.6 Å². The zero-order valence-electron chi connectivity index (χ0n) is 7.74. The van der Waals surface area contributed by atoms with E-state index < -0.39 is 5.97 Å². The maximum absolute atomic E-state index is 10.5. The fourth-order valence-electron chi connectivity index (χ4n) is 1.36. The third-order valence-electron chi connectivity index (χ3n) is 1.97. The molecule has 0 atom stereocenters. The van der Waals surface area contributed by atoms with Crippen LogP contribution in [0.4, 0.5) is 0 Å². The largest absolute Gasteiger partial charge is 0.481 e. The Labute approximate surface area is 94.0 Å². The Morgan fingerprint density at radius 1 is 1.53 bits per heavy atom. The van der Waals surface area contributed by atoms with Crippen molar-refractivity contribution >= 4 is 33.0 Å². The molecule has 0 amide bonds. The summed E-state index contributed by atoms with van der Waals surface area (Å²) in [6.45, 7) is 0. The fraction of sp³-hybridized carbons (Fsp3) is 0.200. The predicted molar refractivity (Wildman–Crippen MR) is 58.0 cm³/mol. The molecular formula is C10H8BrNO3. The Morgan fingerprint density at radius 2 is 2.33 bits per heavy atom. The number of hydrogen-bond acceptors (Lipinski definition) is 3. The predicted octanol–water partition coefficient (Wildman–Crippen LogP) is 2.35. The van der Waals surface area contributed by atoms with Crippen molar-refractivity contribution in [2.45, 2.75) is 11.8 Å². The summed E-state index contributed by atoms with van der Waals surface area (Å²) in [7, 11) is 0. The van der Waals surface area contributed by atoms with E-state index in [0.717, 1.165) is 5.52 Å². The Bertz CT molecular complexity index is 506. The highest BCUT2D eigenvalue weighted by molar-refractivity contribution is 9.08. The van der Waals surface area contributed by atoms with Crippen molar-refractivity contribution in [3.8, 4) is 0 Å². The second-order valence-electron chi connectivity index (χ2n) is 3.11. The lowest BCUT2D eigenvalue weighted by Gasteiger charge is -1.94. The van der Waals surface area contributed by atoms with E-state index in [9.17, 15) is 4.79 Å². The minimum absolute atomic E-state index is 0.000284. The van der Waals surface area contributed by atoms with E-state index in [-0.39, 0.29) is 6.42 Å². The number of carbonyl (C=O) groups is 1. The Kier molecular flexibility index (Phi) is 2.73. The summed E-state index contributed by atoms with van der Waals surface area (Å²) in [5.74, 6) is -0.257. The monoisotopic (exact) mass is 269 g/mol. The first kappa shape index (κ1) is 10.2. The molecule has 4 nitrogen and oxygen atoms in total. The van der Waals surface area contributed by atoms with Crippen LogP contribution in [-0.2, 0) is 16.5 Å². The number of carboxylic acid groups (broad SMARTS) is 1. The van der Waals surface area contributed by atoms with E-state index in [1.165, 1.54) is 0 Å². The summed E-state index contributed by atoms with van der Waals surface area (Å²) >= 11 is 3.24. The average Bonchev–Trinajstić information content (AvgIpc) is 2.58. The molecule has 0 saturated heterocycles. The number of oxazole rings is 1. The van der Waals surface area contributed by atoms with Gasteiger partial charge in [-0.05, 0) is 17.7 Å². The molecule has 1 N–H and O–H groups in total. The first-order valence-electron chi connectivity index (χ1n) is 4.35. The zero-order valence-corrected chi connectivity index (χ0v) is 9.32. The van der Waals surface area contributed by atoms with Crippen LogP contribution >= 0.6 is 15.9 Å². The molecular weight excluding hydrogens is 262 g/mol. The van der Waals surface area contributed by atoms with Crippen LogP contribution in [0.1, 0.15) is 11.5 Å². The molecule has 0 bridgehead atoms. The number of hydrogen-bond donors (Lipinski definition) is 1. The van der Waals surface area contributed by atoms with Gasteiger partial charge in [0.25, 0.3) is 0 Å². The van der Waals surface area contributed by atoms with Crippen LogP contribution in [0, 0.1) is 0 Å². The number of halogens is 1. The maximum atomic E-state index is 10.5. The highest BCUT2D eigenvalue weighted by atomic mass is 79.9. The minimum atomic E-state index is -0.852. The van der Waals surface area contributed by atoms with Crippen LogP contribution in [0.3, 0.4) is 0 Å². The van der Waals surface area contributed by atoms with E-state index in [4.69, 9.17) is 9.52 Å². The third-order valence-corrected chi connectivity index (χ3v) is 2.45. The second kappa shape index (κ2) is 4.02. The summed E-state index contributed by atoms with van der Waals surface area (Å²) < 4.78 is 5.39. The van der Waals surface area contributed by atoms with Gasteiger partial charge in [-0.2, -0.15) is 0 Å². The van der Waals surface area contributed by atoms with Crippen molar-refractivity contribution in [3.05, 3.63) is 29.7 Å². The summed E-state index contributed by atoms with van der Waals surface area (Å²) in [5, 5.41) is 9.19. The lowest BCUT2D eigenvalue weighted by atomic mass is 10.1. The van der Waals surface area contributed by atoms with Crippen LogP contribution in [0.5, 0.6) is 0 Å². The Hall–Kier alpha value is -1.36. The highest BCUT2D eigenvalue weighted by Gasteiger charge is 2.07. The van der Waals surface area contributed by atoms with Gasteiger partial charge in [0, 0.05) is 0 Å². The third kappa shape index (κ3) is 2.18. The summed E-state index contributed by atoms with van der Waals surface area (Å²) in [6.07, 6.45) is 0.000284. The number of fused-ring (bicyclic) bond motifs is 1. The van der Waals surface area contributed by atoms with Crippen molar-refractivity contribution in [2.75, 3.05) is 0 Å². The van der Waals surface area contributed by atoms with Gasteiger partial charge in [0.15, 0.2) is 5.58 Å². The van der Waals surface area contributed by atoms with Gasteiger partial charge >= 0.3 is 5.97 Å². The fourth-order valence-corrected chi connectivity index (χ4v) is 1.60. The topological polar surface area (TPSA) is 63.3 Å². The van der Waals surface area contributed by atoms with E-state index in [1.807, 2.05) is 0 Å². The molecule has 2 aromatic rings. The van der Waals surface area contributed by atoms with Gasteiger partial charge < -0.3 is 9.52 Å². The Balaban J connectivity index is 2.41. The van der Waals surface area contributed by atoms with Crippen molar-refractivity contribution in [3.63, 3.8) is 0 Å². The SMILES string of the molecule is O=C(O)Cc1ccc2nc(CBr)oc2c1. The van der Waals surface area contributed by atoms with Gasteiger partial charge in [0.1, 0.15) is 5.52 Å². The Morgan fingerprint density at radius 3 is 3.00 bits per heavy atom. The number of alkyl halides is 1. The lowest BCUT2D eigenvalue weighted by molar-refractivity contribution is -0.136. The molecule has 0 fully saturated rings. The first-order valence-corrected chi connectivity index (χ1v) is 5.47. The normalized spacial score (nSPS) is 10.7. The first-order chi connectivity index (χ1) is 7.19. The van der Waals surface area contributed by atoms with Crippen LogP contribution in [0.25, 0.3) is 11.1 Å². The summed E-state index contributed by atoms with van der Waals surface area (Å²) in [5.41, 5.74) is 2.09. The molecule has 78 valence electrons. The van der Waals surface area contributed by atoms with Gasteiger partial charge in [-0.25, -0.2) is 4.98 Å². The van der Waals surface area contributed by atoms with Crippen molar-refractivity contribution < 1.29 is 14.3 Å². The molecule has 0 spiro atoms. The van der Waals surface area contributed by atoms with E-state index >= 15 is 0 Å². The van der Waals surface area contributed by atoms with Gasteiger partial charge in [0.05, 0.1) is 11.8 Å². The molecule has 1 heterocycles. The number of benzene rings is 1. The highest BCUT2D eigenvalue weighted by Crippen LogP contribution is 2.18. The molecule has 0 radical (unpaired) electrons. The van der Waals surface area contributed by atoms with Crippen LogP contribution in [-0.4, -0.2) is 16.1 Å². The number of aliphatic carboxylic acids is 1. The average molecular weight is 270 g/mol. The molecule has 1 aromatic carbocycles. The standard InChI is InChI=1S/C10H8BrNO3/c11-5-9-12-7-2-1-6(4-10(13)14)3-8(7)15-9/h1-3H,4-5H2,(H,13,14). The molecule has 0 aliphatic rings. The van der Waals surface area contributed by atoms with E-state index in [1.54, 1.807) is 18.2 Å². The molecule has 0 unspecified atom stereocenters. The molecule has 0 aliphatic carbocycles. The van der Waals surface area contributed by atoms with Crippen molar-refractivity contribution in [1.29, 1.82) is 0 Å².